The maximum absolute atomic E-state index is 13.4. The van der Waals surface area contributed by atoms with Gasteiger partial charge in [0.25, 0.3) is 11.8 Å². The quantitative estimate of drug-likeness (QED) is 0.163. The summed E-state index contributed by atoms with van der Waals surface area (Å²) in [6, 6.07) is 12.8. The molecule has 2 N–H and O–H groups in total. The number of carbonyl (C=O) groups is 2. The number of aliphatic carboxylic acids is 1. The van der Waals surface area contributed by atoms with Crippen LogP contribution in [0.1, 0.15) is 48.1 Å². The smallest absolute Gasteiger partial charge is 0.481 e. The minimum Gasteiger partial charge on any atom is -0.481 e. The number of hydrogen-bond donors (Lipinski definition) is 2. The van der Waals surface area contributed by atoms with Gasteiger partial charge in [-0.05, 0) is 55.0 Å². The van der Waals surface area contributed by atoms with Gasteiger partial charge in [-0.15, -0.1) is 0 Å². The fraction of sp³-hybridized carbons (Fsp3) is 0.379. The maximum Gasteiger partial charge on any atom is 0.534 e. The van der Waals surface area contributed by atoms with Gasteiger partial charge >= 0.3 is 21.6 Å². The van der Waals surface area contributed by atoms with E-state index in [4.69, 9.17) is 4.74 Å². The number of amides is 1. The first-order chi connectivity index (χ1) is 21.3. The number of piperidine rings is 1. The molecule has 0 bridgehead atoms. The van der Waals surface area contributed by atoms with Crippen LogP contribution >= 0.6 is 0 Å². The van der Waals surface area contributed by atoms with Crippen molar-refractivity contribution in [3.8, 4) is 11.6 Å². The fourth-order valence-electron chi connectivity index (χ4n) is 4.66. The van der Waals surface area contributed by atoms with Crippen molar-refractivity contribution in [1.29, 1.82) is 0 Å². The van der Waals surface area contributed by atoms with Gasteiger partial charge in [-0.1, -0.05) is 37.3 Å². The maximum atomic E-state index is 13.4. The van der Waals surface area contributed by atoms with Crippen molar-refractivity contribution in [3.63, 3.8) is 0 Å². The summed E-state index contributed by atoms with van der Waals surface area (Å²) in [4.78, 5) is 35.1. The molecule has 242 valence electrons. The average Bonchev–Trinajstić information content (AvgIpc) is 2.99. The number of alkyl halides is 3. The second kappa shape index (κ2) is 14.1. The minimum absolute atomic E-state index is 0.0229. The summed E-state index contributed by atoms with van der Waals surface area (Å²) in [5.74, 6) is -5.20. The van der Waals surface area contributed by atoms with E-state index in [1.54, 1.807) is 42.5 Å². The van der Waals surface area contributed by atoms with E-state index in [1.807, 2.05) is 4.90 Å². The Labute approximate surface area is 256 Å². The number of halogens is 4. The molecular formula is C29H30F4N4O7S. The van der Waals surface area contributed by atoms with Crippen LogP contribution in [0.4, 0.5) is 23.2 Å². The van der Waals surface area contributed by atoms with Crippen molar-refractivity contribution < 1.29 is 49.6 Å². The van der Waals surface area contributed by atoms with Crippen molar-refractivity contribution in [1.82, 2.24) is 15.3 Å². The highest BCUT2D eigenvalue weighted by Crippen LogP contribution is 2.35. The largest absolute Gasteiger partial charge is 0.534 e. The van der Waals surface area contributed by atoms with Crippen LogP contribution < -0.4 is 19.1 Å². The monoisotopic (exact) mass is 654 g/mol. The summed E-state index contributed by atoms with van der Waals surface area (Å²) >= 11 is 0. The number of hydrogen-bond acceptors (Lipinski definition) is 9. The second-order valence-corrected chi connectivity index (χ2v) is 11.8. The molecule has 0 radical (unpaired) electrons. The molecule has 0 saturated carbocycles. The van der Waals surface area contributed by atoms with Crippen molar-refractivity contribution in [2.24, 2.45) is 5.92 Å². The number of carboxylic acids is 1. The van der Waals surface area contributed by atoms with Gasteiger partial charge in [0.15, 0.2) is 5.69 Å². The van der Waals surface area contributed by atoms with Crippen LogP contribution in [-0.2, 0) is 27.9 Å². The van der Waals surface area contributed by atoms with Crippen molar-refractivity contribution in [2.75, 3.05) is 18.0 Å². The molecule has 1 aliphatic heterocycles. The summed E-state index contributed by atoms with van der Waals surface area (Å²) < 4.78 is 87.6. The fourth-order valence-corrected chi connectivity index (χ4v) is 5.07. The first kappa shape index (κ1) is 33.4. The van der Waals surface area contributed by atoms with E-state index >= 15 is 0 Å². The van der Waals surface area contributed by atoms with Crippen LogP contribution in [0.2, 0.25) is 0 Å². The summed E-state index contributed by atoms with van der Waals surface area (Å²) in [6.07, 6.45) is 1.09. The van der Waals surface area contributed by atoms with Gasteiger partial charge in [-0.3, -0.25) is 4.79 Å². The Hall–Kier alpha value is -4.47. The number of anilines is 1. The molecule has 3 aromatic rings. The Morgan fingerprint density at radius 3 is 2.29 bits per heavy atom. The van der Waals surface area contributed by atoms with E-state index in [2.05, 4.69) is 19.5 Å². The van der Waals surface area contributed by atoms with Crippen molar-refractivity contribution in [3.05, 3.63) is 77.5 Å². The third kappa shape index (κ3) is 8.59. The SMILES string of the molecule is CCC(NC(=O)c1nc(CC2CCN(c3ccc(F)cc3)CC2)nc(OS(=O)(=O)C(F)(F)F)c1OCc1ccccc1)C(=O)O. The van der Waals surface area contributed by atoms with Crippen molar-refractivity contribution in [2.45, 2.75) is 50.8 Å². The first-order valence-corrected chi connectivity index (χ1v) is 15.3. The van der Waals surface area contributed by atoms with Gasteiger partial charge in [0.05, 0.1) is 0 Å². The molecule has 1 amide bonds. The molecule has 4 rings (SSSR count). The Kier molecular flexibility index (Phi) is 10.5. The molecule has 1 saturated heterocycles. The number of nitrogens with one attached hydrogen (secondary N) is 1. The third-order valence-corrected chi connectivity index (χ3v) is 8.03. The highest BCUT2D eigenvalue weighted by molar-refractivity contribution is 7.88. The molecule has 0 aliphatic carbocycles. The molecule has 1 unspecified atom stereocenters. The molecule has 2 aromatic carbocycles. The van der Waals surface area contributed by atoms with Crippen LogP contribution in [0.3, 0.4) is 0 Å². The van der Waals surface area contributed by atoms with Crippen LogP contribution in [0.5, 0.6) is 11.6 Å². The van der Waals surface area contributed by atoms with Crippen LogP contribution in [0.25, 0.3) is 0 Å². The Balaban J connectivity index is 1.69. The van der Waals surface area contributed by atoms with Crippen LogP contribution in [0, 0.1) is 11.7 Å². The number of benzene rings is 2. The molecule has 16 heteroatoms. The normalized spacial score (nSPS) is 14.9. The van der Waals surface area contributed by atoms with Crippen LogP contribution in [-0.4, -0.2) is 60.0 Å². The molecule has 1 aromatic heterocycles. The van der Waals surface area contributed by atoms with Gasteiger partial charge in [-0.25, -0.2) is 14.2 Å². The molecular weight excluding hydrogens is 624 g/mol. The number of rotatable bonds is 12. The predicted octanol–water partition coefficient (Wildman–Crippen LogP) is 4.48. The average molecular weight is 655 g/mol. The molecule has 0 spiro atoms. The number of ether oxygens (including phenoxy) is 1. The Bertz CT molecular complexity index is 1600. The Morgan fingerprint density at radius 1 is 1.07 bits per heavy atom. The molecule has 45 heavy (non-hydrogen) atoms. The zero-order valence-corrected chi connectivity index (χ0v) is 24.8. The van der Waals surface area contributed by atoms with E-state index < -0.39 is 50.9 Å². The van der Waals surface area contributed by atoms with E-state index in [-0.39, 0.29) is 37.0 Å². The number of carbonyl (C=O) groups excluding carboxylic acids is 1. The predicted molar refractivity (Wildman–Crippen MR) is 153 cm³/mol. The van der Waals surface area contributed by atoms with Gasteiger partial charge in [0.2, 0.25) is 5.75 Å². The molecule has 11 nitrogen and oxygen atoms in total. The molecule has 1 aliphatic rings. The topological polar surface area (TPSA) is 148 Å². The zero-order valence-electron chi connectivity index (χ0n) is 24.0. The van der Waals surface area contributed by atoms with Gasteiger partial charge in [0, 0.05) is 25.2 Å². The number of nitrogens with zero attached hydrogens (tertiary/aromatic N) is 3. The molecule has 1 fully saturated rings. The second-order valence-electron chi connectivity index (χ2n) is 10.3. The first-order valence-electron chi connectivity index (χ1n) is 13.9. The van der Waals surface area contributed by atoms with Gasteiger partial charge in [-0.2, -0.15) is 26.6 Å². The van der Waals surface area contributed by atoms with E-state index in [1.165, 1.54) is 19.1 Å². The van der Waals surface area contributed by atoms with Crippen LogP contribution in [0.15, 0.2) is 54.6 Å². The third-order valence-electron chi connectivity index (χ3n) is 7.08. The summed E-state index contributed by atoms with van der Waals surface area (Å²) in [5.41, 5.74) is -5.21. The van der Waals surface area contributed by atoms with E-state index in [9.17, 15) is 40.7 Å². The number of carboxylic acid groups (broad SMARTS) is 1. The van der Waals surface area contributed by atoms with Crippen molar-refractivity contribution >= 4 is 27.7 Å². The lowest BCUT2D eigenvalue weighted by Crippen LogP contribution is -2.41. The van der Waals surface area contributed by atoms with Gasteiger partial charge in [0.1, 0.15) is 24.3 Å². The standard InChI is InChI=1S/C29H30F4N4O7S/c1-2-22(28(39)40)34-26(38)24-25(43-17-19-6-4-3-5-7-19)27(44-45(41,42)29(31,32)33)36-23(35-24)16-18-12-14-37(15-13-18)21-10-8-20(30)9-11-21/h3-11,18,22H,2,12-17H2,1H3,(H,34,38)(H,39,40). The highest BCUT2D eigenvalue weighted by Gasteiger charge is 2.49. The molecule has 2 heterocycles. The molecule has 1 atom stereocenters. The lowest BCUT2D eigenvalue weighted by molar-refractivity contribution is -0.139. The zero-order chi connectivity index (χ0) is 32.8. The highest BCUT2D eigenvalue weighted by atomic mass is 32.2. The lowest BCUT2D eigenvalue weighted by Gasteiger charge is -2.33. The summed E-state index contributed by atoms with van der Waals surface area (Å²) in [7, 11) is -6.26. The van der Waals surface area contributed by atoms with E-state index in [0.29, 0.717) is 31.5 Å². The lowest BCUT2D eigenvalue weighted by atomic mass is 9.93. The Morgan fingerprint density at radius 2 is 1.71 bits per heavy atom. The van der Waals surface area contributed by atoms with Gasteiger partial charge < -0.3 is 24.2 Å². The van der Waals surface area contributed by atoms with E-state index in [0.717, 1.165) is 5.69 Å². The number of aromatic nitrogens is 2. The minimum atomic E-state index is -6.26. The summed E-state index contributed by atoms with van der Waals surface area (Å²) in [6.45, 7) is 2.24. The summed E-state index contributed by atoms with van der Waals surface area (Å²) in [5, 5.41) is 11.7.